The van der Waals surface area contributed by atoms with Gasteiger partial charge in [0, 0.05) is 18.9 Å². The molecule has 0 spiro atoms. The van der Waals surface area contributed by atoms with E-state index in [4.69, 9.17) is 0 Å². The first-order chi connectivity index (χ1) is 9.06. The molecule has 2 aromatic rings. The number of nitrogens with one attached hydrogen (secondary N) is 1. The van der Waals surface area contributed by atoms with Crippen LogP contribution < -0.4 is 5.32 Å². The first-order valence-electron chi connectivity index (χ1n) is 6.43. The number of hydrogen-bond donors (Lipinski definition) is 2. The highest BCUT2D eigenvalue weighted by Crippen LogP contribution is 2.05. The molecule has 0 aromatic carbocycles. The molecule has 0 fully saturated rings. The van der Waals surface area contributed by atoms with Crippen LogP contribution in [0.4, 0.5) is 0 Å². The zero-order chi connectivity index (χ0) is 13.8. The summed E-state index contributed by atoms with van der Waals surface area (Å²) in [7, 11) is 0. The second-order valence-electron chi connectivity index (χ2n) is 4.99. The molecule has 0 saturated heterocycles. The second-order valence-corrected chi connectivity index (χ2v) is 4.99. The first-order valence-corrected chi connectivity index (χ1v) is 6.43. The van der Waals surface area contributed by atoms with Gasteiger partial charge >= 0.3 is 0 Å². The summed E-state index contributed by atoms with van der Waals surface area (Å²) in [6.07, 6.45) is 3.46. The Morgan fingerprint density at radius 2 is 2.26 bits per heavy atom. The minimum Gasteiger partial charge on any atom is -0.391 e. The Bertz CT molecular complexity index is 530. The molecule has 5 nitrogen and oxygen atoms in total. The number of fused-ring (bicyclic) bond motifs is 1. The van der Waals surface area contributed by atoms with Crippen LogP contribution in [0.1, 0.15) is 19.5 Å². The van der Waals surface area contributed by atoms with Gasteiger partial charge in [0.1, 0.15) is 5.65 Å². The maximum Gasteiger partial charge on any atom is 0.226 e. The lowest BCUT2D eigenvalue weighted by Gasteiger charge is -2.14. The van der Waals surface area contributed by atoms with Crippen LogP contribution >= 0.6 is 0 Å². The van der Waals surface area contributed by atoms with Crippen molar-refractivity contribution in [3.05, 3.63) is 36.3 Å². The maximum atomic E-state index is 11.7. The molecule has 0 saturated carbocycles. The second kappa shape index (κ2) is 5.84. The summed E-state index contributed by atoms with van der Waals surface area (Å²) < 4.78 is 1.88. The minimum atomic E-state index is -0.509. The summed E-state index contributed by atoms with van der Waals surface area (Å²) in [5, 5.41) is 12.3. The number of rotatable bonds is 5. The van der Waals surface area contributed by atoms with E-state index in [9.17, 15) is 9.90 Å². The summed E-state index contributed by atoms with van der Waals surface area (Å²) in [5.74, 6) is 0.0126. The number of carbonyl (C=O) groups is 1. The fourth-order valence-corrected chi connectivity index (χ4v) is 1.75. The van der Waals surface area contributed by atoms with Gasteiger partial charge in [-0.05, 0) is 18.1 Å². The molecule has 102 valence electrons. The van der Waals surface area contributed by atoms with Crippen molar-refractivity contribution < 1.29 is 9.90 Å². The van der Waals surface area contributed by atoms with Gasteiger partial charge < -0.3 is 14.8 Å². The van der Waals surface area contributed by atoms with E-state index in [1.54, 1.807) is 0 Å². The van der Waals surface area contributed by atoms with Crippen LogP contribution in [0.15, 0.2) is 30.6 Å². The van der Waals surface area contributed by atoms with E-state index < -0.39 is 6.10 Å². The Hall–Kier alpha value is -1.88. The van der Waals surface area contributed by atoms with Crippen molar-refractivity contribution in [3.8, 4) is 0 Å². The smallest absolute Gasteiger partial charge is 0.226 e. The zero-order valence-electron chi connectivity index (χ0n) is 11.2. The standard InChI is InChI=1S/C14H19N3O2/c1-10(2)12(18)8-15-14(19)7-11-9-17-6-4-3-5-13(17)16-11/h3-6,9-10,12,18H,7-8H2,1-2H3,(H,15,19). The van der Waals surface area contributed by atoms with Crippen molar-refractivity contribution in [3.63, 3.8) is 0 Å². The third kappa shape index (κ3) is 3.54. The van der Waals surface area contributed by atoms with Crippen LogP contribution in [-0.2, 0) is 11.2 Å². The summed E-state index contributed by atoms with van der Waals surface area (Å²) in [4.78, 5) is 16.1. The van der Waals surface area contributed by atoms with Gasteiger partial charge in [-0.2, -0.15) is 0 Å². The van der Waals surface area contributed by atoms with Gasteiger partial charge in [-0.3, -0.25) is 4.79 Å². The molecule has 1 unspecified atom stereocenters. The van der Waals surface area contributed by atoms with Crippen LogP contribution in [-0.4, -0.2) is 33.0 Å². The zero-order valence-corrected chi connectivity index (χ0v) is 11.2. The number of aliphatic hydroxyl groups is 1. The van der Waals surface area contributed by atoms with Gasteiger partial charge in [-0.25, -0.2) is 4.98 Å². The number of carbonyl (C=O) groups excluding carboxylic acids is 1. The first kappa shape index (κ1) is 13.5. The molecule has 19 heavy (non-hydrogen) atoms. The molecule has 1 amide bonds. The Labute approximate surface area is 112 Å². The van der Waals surface area contributed by atoms with Crippen LogP contribution in [0.5, 0.6) is 0 Å². The number of aromatic nitrogens is 2. The van der Waals surface area contributed by atoms with E-state index in [1.165, 1.54) is 0 Å². The Morgan fingerprint density at radius 3 is 2.95 bits per heavy atom. The van der Waals surface area contributed by atoms with Crippen LogP contribution in [0.3, 0.4) is 0 Å². The van der Waals surface area contributed by atoms with E-state index in [2.05, 4.69) is 10.3 Å². The molecule has 0 aliphatic carbocycles. The number of nitrogens with zero attached hydrogens (tertiary/aromatic N) is 2. The molecule has 1 atom stereocenters. The summed E-state index contributed by atoms with van der Waals surface area (Å²) >= 11 is 0. The number of pyridine rings is 1. The van der Waals surface area contributed by atoms with Gasteiger partial charge in [0.25, 0.3) is 0 Å². The molecular weight excluding hydrogens is 242 g/mol. The van der Waals surface area contributed by atoms with Crippen LogP contribution in [0.2, 0.25) is 0 Å². The number of hydrogen-bond acceptors (Lipinski definition) is 3. The van der Waals surface area contributed by atoms with Crippen molar-refractivity contribution in [1.29, 1.82) is 0 Å². The lowest BCUT2D eigenvalue weighted by molar-refractivity contribution is -0.121. The molecule has 2 N–H and O–H groups in total. The summed E-state index contributed by atoms with van der Waals surface area (Å²) in [5.41, 5.74) is 1.55. The Balaban J connectivity index is 1.91. The highest BCUT2D eigenvalue weighted by molar-refractivity contribution is 5.78. The Kier molecular flexibility index (Phi) is 4.16. The van der Waals surface area contributed by atoms with Gasteiger partial charge in [-0.1, -0.05) is 19.9 Å². The Morgan fingerprint density at radius 1 is 1.47 bits per heavy atom. The van der Waals surface area contributed by atoms with E-state index in [1.807, 2.05) is 48.8 Å². The van der Waals surface area contributed by atoms with Gasteiger partial charge in [-0.15, -0.1) is 0 Å². The van der Waals surface area contributed by atoms with Crippen molar-refractivity contribution in [2.75, 3.05) is 6.54 Å². The lowest BCUT2D eigenvalue weighted by atomic mass is 10.1. The molecule has 5 heteroatoms. The van der Waals surface area contributed by atoms with Crippen molar-refractivity contribution in [2.45, 2.75) is 26.4 Å². The molecule has 0 aliphatic rings. The average Bonchev–Trinajstić information content (AvgIpc) is 2.77. The highest BCUT2D eigenvalue weighted by atomic mass is 16.3. The van der Waals surface area contributed by atoms with Crippen molar-refractivity contribution >= 4 is 11.6 Å². The fourth-order valence-electron chi connectivity index (χ4n) is 1.75. The van der Waals surface area contributed by atoms with Gasteiger partial charge in [0.2, 0.25) is 5.91 Å². The number of aliphatic hydroxyl groups excluding tert-OH is 1. The predicted octanol–water partition coefficient (Wildman–Crippen LogP) is 1.01. The lowest BCUT2D eigenvalue weighted by Crippen LogP contribution is -2.35. The molecule has 2 heterocycles. The fraction of sp³-hybridized carbons (Fsp3) is 0.429. The quantitative estimate of drug-likeness (QED) is 0.844. The molecule has 0 aliphatic heterocycles. The maximum absolute atomic E-state index is 11.7. The molecule has 0 radical (unpaired) electrons. The third-order valence-corrected chi connectivity index (χ3v) is 3.03. The van der Waals surface area contributed by atoms with Crippen molar-refractivity contribution in [1.82, 2.24) is 14.7 Å². The summed E-state index contributed by atoms with van der Waals surface area (Å²) in [6.45, 7) is 4.11. The molecule has 2 aromatic heterocycles. The predicted molar refractivity (Wildman–Crippen MR) is 72.8 cm³/mol. The van der Waals surface area contributed by atoms with Crippen LogP contribution in [0.25, 0.3) is 5.65 Å². The normalized spacial score (nSPS) is 12.8. The van der Waals surface area contributed by atoms with Gasteiger partial charge in [0.15, 0.2) is 0 Å². The van der Waals surface area contributed by atoms with E-state index in [0.717, 1.165) is 11.3 Å². The average molecular weight is 261 g/mol. The largest absolute Gasteiger partial charge is 0.391 e. The van der Waals surface area contributed by atoms with E-state index >= 15 is 0 Å². The van der Waals surface area contributed by atoms with Crippen LogP contribution in [0, 0.1) is 5.92 Å². The third-order valence-electron chi connectivity index (χ3n) is 3.03. The van der Waals surface area contributed by atoms with Crippen molar-refractivity contribution in [2.24, 2.45) is 5.92 Å². The van der Waals surface area contributed by atoms with E-state index in [-0.39, 0.29) is 24.8 Å². The number of imidazole rings is 1. The van der Waals surface area contributed by atoms with E-state index in [0.29, 0.717) is 0 Å². The topological polar surface area (TPSA) is 66.6 Å². The minimum absolute atomic E-state index is 0.122. The molecule has 2 rings (SSSR count). The molecule has 0 bridgehead atoms. The SMILES string of the molecule is CC(C)C(O)CNC(=O)Cc1cn2ccccc2n1. The monoisotopic (exact) mass is 261 g/mol. The number of amides is 1. The van der Waals surface area contributed by atoms with Gasteiger partial charge in [0.05, 0.1) is 18.2 Å². The highest BCUT2D eigenvalue weighted by Gasteiger charge is 2.12. The summed E-state index contributed by atoms with van der Waals surface area (Å²) in [6, 6.07) is 5.71. The molecular formula is C14H19N3O2.